The first kappa shape index (κ1) is 24.0. The number of nitrogens with two attached hydrogens (primary N) is 1. The third-order valence-electron chi connectivity index (χ3n) is 5.74. The SMILES string of the molecule is COc1ccc(CN(CCCF)C(=O)c2nc3c(-c4c(F)cccc4OC)cccn3c2N)cc1. The number of aromatic nitrogens is 2. The van der Waals surface area contributed by atoms with Gasteiger partial charge in [-0.25, -0.2) is 9.37 Å². The lowest BCUT2D eigenvalue weighted by Crippen LogP contribution is -2.32. The molecule has 35 heavy (non-hydrogen) atoms. The van der Waals surface area contributed by atoms with Crippen LogP contribution >= 0.6 is 0 Å². The number of amides is 1. The molecule has 2 aromatic heterocycles. The van der Waals surface area contributed by atoms with E-state index in [-0.39, 0.29) is 36.6 Å². The van der Waals surface area contributed by atoms with Crippen molar-refractivity contribution in [1.29, 1.82) is 0 Å². The Hall–Kier alpha value is -4.14. The number of nitrogens with zero attached hydrogens (tertiary/aromatic N) is 3. The molecule has 0 atom stereocenters. The molecule has 0 saturated carbocycles. The maximum Gasteiger partial charge on any atom is 0.276 e. The number of methoxy groups -OCH3 is 2. The van der Waals surface area contributed by atoms with Gasteiger partial charge in [-0.1, -0.05) is 18.2 Å². The summed E-state index contributed by atoms with van der Waals surface area (Å²) in [7, 11) is 3.03. The molecule has 182 valence electrons. The van der Waals surface area contributed by atoms with E-state index in [1.54, 1.807) is 49.7 Å². The molecule has 0 aliphatic carbocycles. The van der Waals surface area contributed by atoms with Crippen LogP contribution in [-0.4, -0.2) is 47.6 Å². The van der Waals surface area contributed by atoms with Crippen molar-refractivity contribution in [2.24, 2.45) is 0 Å². The average molecular weight is 481 g/mol. The lowest BCUT2D eigenvalue weighted by molar-refractivity contribution is 0.0734. The molecule has 4 rings (SSSR count). The standard InChI is InChI=1S/C26H26F2N4O3/c1-34-18-11-9-17(10-12-18)16-31(14-5-13-27)26(33)23-24(29)32-15-4-6-19(25(32)30-23)22-20(28)7-3-8-21(22)35-2/h3-4,6-12,15H,5,13-14,16,29H2,1-2H3. The number of carbonyl (C=O) groups is 1. The quantitative estimate of drug-likeness (QED) is 0.374. The van der Waals surface area contributed by atoms with Crippen LogP contribution in [0.4, 0.5) is 14.6 Å². The maximum atomic E-state index is 14.8. The van der Waals surface area contributed by atoms with Crippen LogP contribution < -0.4 is 15.2 Å². The molecule has 1 amide bonds. The molecule has 2 aromatic carbocycles. The lowest BCUT2D eigenvalue weighted by atomic mass is 10.1. The Morgan fingerprint density at radius 3 is 2.54 bits per heavy atom. The minimum absolute atomic E-state index is 0.0140. The second-order valence-electron chi connectivity index (χ2n) is 7.90. The van der Waals surface area contributed by atoms with E-state index >= 15 is 0 Å². The van der Waals surface area contributed by atoms with Crippen LogP contribution in [0.3, 0.4) is 0 Å². The van der Waals surface area contributed by atoms with Crippen molar-refractivity contribution in [3.63, 3.8) is 0 Å². The summed E-state index contributed by atoms with van der Waals surface area (Å²) in [5, 5.41) is 0. The van der Waals surface area contributed by atoms with Gasteiger partial charge in [0, 0.05) is 24.8 Å². The zero-order valence-electron chi connectivity index (χ0n) is 19.5. The number of halogens is 2. The van der Waals surface area contributed by atoms with E-state index in [0.29, 0.717) is 22.7 Å². The first-order chi connectivity index (χ1) is 17.0. The van der Waals surface area contributed by atoms with E-state index in [2.05, 4.69) is 4.98 Å². The molecule has 0 bridgehead atoms. The zero-order chi connectivity index (χ0) is 24.9. The van der Waals surface area contributed by atoms with Gasteiger partial charge in [0.05, 0.1) is 26.5 Å². The number of hydrogen-bond donors (Lipinski definition) is 1. The van der Waals surface area contributed by atoms with Crippen molar-refractivity contribution in [1.82, 2.24) is 14.3 Å². The minimum atomic E-state index is -0.565. The van der Waals surface area contributed by atoms with Gasteiger partial charge < -0.3 is 20.1 Å². The first-order valence-electron chi connectivity index (χ1n) is 11.1. The van der Waals surface area contributed by atoms with Crippen LogP contribution in [0.2, 0.25) is 0 Å². The number of alkyl halides is 1. The number of pyridine rings is 1. The number of hydrogen-bond acceptors (Lipinski definition) is 5. The molecule has 0 aliphatic rings. The molecule has 0 unspecified atom stereocenters. The normalized spacial score (nSPS) is 11.0. The summed E-state index contributed by atoms with van der Waals surface area (Å²) in [5.74, 6) is 0.202. The molecule has 0 fully saturated rings. The van der Waals surface area contributed by atoms with Crippen LogP contribution in [0.1, 0.15) is 22.5 Å². The van der Waals surface area contributed by atoms with Crippen molar-refractivity contribution in [3.8, 4) is 22.6 Å². The van der Waals surface area contributed by atoms with Crippen LogP contribution in [0.25, 0.3) is 16.8 Å². The van der Waals surface area contributed by atoms with E-state index in [0.717, 1.165) is 5.56 Å². The highest BCUT2D eigenvalue weighted by Gasteiger charge is 2.25. The van der Waals surface area contributed by atoms with Crippen molar-refractivity contribution in [3.05, 3.63) is 77.9 Å². The van der Waals surface area contributed by atoms with Gasteiger partial charge in [-0.05, 0) is 48.4 Å². The fourth-order valence-corrected chi connectivity index (χ4v) is 3.98. The second-order valence-corrected chi connectivity index (χ2v) is 7.90. The summed E-state index contributed by atoms with van der Waals surface area (Å²) in [6.45, 7) is -0.142. The number of carbonyl (C=O) groups excluding carboxylic acids is 1. The second kappa shape index (κ2) is 10.4. The third-order valence-corrected chi connectivity index (χ3v) is 5.74. The van der Waals surface area contributed by atoms with Crippen LogP contribution in [0.5, 0.6) is 11.5 Å². The molecule has 7 nitrogen and oxygen atoms in total. The highest BCUT2D eigenvalue weighted by molar-refractivity contribution is 5.99. The topological polar surface area (TPSA) is 82.1 Å². The Bertz CT molecular complexity index is 1340. The number of nitrogen functional groups attached to an aromatic ring is 1. The smallest absolute Gasteiger partial charge is 0.276 e. The monoisotopic (exact) mass is 480 g/mol. The van der Waals surface area contributed by atoms with E-state index in [1.165, 1.54) is 22.5 Å². The van der Waals surface area contributed by atoms with Gasteiger partial charge in [0.25, 0.3) is 5.91 Å². The van der Waals surface area contributed by atoms with E-state index in [9.17, 15) is 13.6 Å². The maximum absolute atomic E-state index is 14.8. The van der Waals surface area contributed by atoms with Crippen molar-refractivity contribution in [2.75, 3.05) is 33.2 Å². The highest BCUT2D eigenvalue weighted by atomic mass is 19.1. The molecular formula is C26H26F2N4O3. The molecule has 2 N–H and O–H groups in total. The largest absolute Gasteiger partial charge is 0.497 e. The van der Waals surface area contributed by atoms with Crippen molar-refractivity contribution in [2.45, 2.75) is 13.0 Å². The number of ether oxygens (including phenoxy) is 2. The Labute approximate surface area is 201 Å². The summed E-state index contributed by atoms with van der Waals surface area (Å²) < 4.78 is 39.9. The molecule has 0 spiro atoms. The first-order valence-corrected chi connectivity index (χ1v) is 11.1. The molecule has 0 aliphatic heterocycles. The summed E-state index contributed by atoms with van der Waals surface area (Å²) in [6, 6.07) is 15.2. The molecule has 2 heterocycles. The average Bonchev–Trinajstić information content (AvgIpc) is 3.23. The fraction of sp³-hybridized carbons (Fsp3) is 0.231. The van der Waals surface area contributed by atoms with Crippen LogP contribution in [0, 0.1) is 5.82 Å². The Morgan fingerprint density at radius 1 is 1.09 bits per heavy atom. The Morgan fingerprint density at radius 2 is 1.86 bits per heavy atom. The number of rotatable bonds is 9. The van der Waals surface area contributed by atoms with Crippen molar-refractivity contribution < 1.29 is 23.0 Å². The van der Waals surface area contributed by atoms with Gasteiger partial charge >= 0.3 is 0 Å². The predicted molar refractivity (Wildman–Crippen MR) is 130 cm³/mol. The molecule has 0 saturated heterocycles. The van der Waals surface area contributed by atoms with Crippen LogP contribution in [0.15, 0.2) is 60.8 Å². The number of benzene rings is 2. The Kier molecular flexibility index (Phi) is 7.14. The third kappa shape index (κ3) is 4.75. The van der Waals surface area contributed by atoms with E-state index in [1.807, 2.05) is 12.1 Å². The van der Waals surface area contributed by atoms with Gasteiger partial charge in [0.15, 0.2) is 5.69 Å². The lowest BCUT2D eigenvalue weighted by Gasteiger charge is -2.22. The van der Waals surface area contributed by atoms with Gasteiger partial charge in [-0.15, -0.1) is 0 Å². The van der Waals surface area contributed by atoms with Gasteiger partial charge in [0.2, 0.25) is 0 Å². The summed E-state index contributed by atoms with van der Waals surface area (Å²) in [5.41, 5.74) is 8.15. The van der Waals surface area contributed by atoms with Crippen molar-refractivity contribution >= 4 is 17.4 Å². The minimum Gasteiger partial charge on any atom is -0.497 e. The van der Waals surface area contributed by atoms with Gasteiger partial charge in [-0.2, -0.15) is 0 Å². The molecule has 4 aromatic rings. The Balaban J connectivity index is 1.75. The number of anilines is 1. The van der Waals surface area contributed by atoms with E-state index < -0.39 is 18.4 Å². The number of fused-ring (bicyclic) bond motifs is 1. The molecule has 9 heteroatoms. The summed E-state index contributed by atoms with van der Waals surface area (Å²) in [4.78, 5) is 19.5. The fourth-order valence-electron chi connectivity index (χ4n) is 3.98. The van der Waals surface area contributed by atoms with Crippen LogP contribution in [-0.2, 0) is 6.54 Å². The summed E-state index contributed by atoms with van der Waals surface area (Å²) in [6.07, 6.45) is 1.83. The van der Waals surface area contributed by atoms with Gasteiger partial charge in [0.1, 0.15) is 28.8 Å². The van der Waals surface area contributed by atoms with E-state index in [4.69, 9.17) is 15.2 Å². The van der Waals surface area contributed by atoms with Gasteiger partial charge in [-0.3, -0.25) is 13.6 Å². The predicted octanol–water partition coefficient (Wildman–Crippen LogP) is 4.74. The zero-order valence-corrected chi connectivity index (χ0v) is 19.5. The summed E-state index contributed by atoms with van der Waals surface area (Å²) >= 11 is 0. The number of imidazole rings is 1. The highest BCUT2D eigenvalue weighted by Crippen LogP contribution is 2.36. The molecule has 0 radical (unpaired) electrons. The molecular weight excluding hydrogens is 454 g/mol.